The van der Waals surface area contributed by atoms with E-state index in [1.165, 1.54) is 12.1 Å². The molecule has 1 heterocycles. The van der Waals surface area contributed by atoms with E-state index in [9.17, 15) is 14.3 Å². The fourth-order valence-corrected chi connectivity index (χ4v) is 2.61. The summed E-state index contributed by atoms with van der Waals surface area (Å²) in [4.78, 5) is 16.9. The number of halogens is 1. The van der Waals surface area contributed by atoms with E-state index in [0.29, 0.717) is 19.0 Å². The van der Waals surface area contributed by atoms with Crippen molar-refractivity contribution in [2.75, 3.05) is 11.9 Å². The third-order valence-corrected chi connectivity index (χ3v) is 3.91. The number of nitrogens with zero attached hydrogens (tertiary/aromatic N) is 2. The summed E-state index contributed by atoms with van der Waals surface area (Å²) >= 11 is 0. The maximum absolute atomic E-state index is 12.9. The molecule has 0 fully saturated rings. The van der Waals surface area contributed by atoms with E-state index < -0.39 is 6.10 Å². The predicted octanol–water partition coefficient (Wildman–Crippen LogP) is 2.28. The molecule has 3 N–H and O–H groups in total. The van der Waals surface area contributed by atoms with Crippen LogP contribution in [0.15, 0.2) is 48.5 Å². The van der Waals surface area contributed by atoms with Gasteiger partial charge >= 0.3 is 0 Å². The molecular weight excluding hydrogens is 335 g/mol. The predicted molar refractivity (Wildman–Crippen MR) is 98.2 cm³/mol. The summed E-state index contributed by atoms with van der Waals surface area (Å²) in [6.07, 6.45) is -0.532. The molecule has 3 aromatic rings. The SMILES string of the molecule is C[C@H](O)CNc1nc2ccccc2n1CC(=O)NCc1ccc(F)cc1. The zero-order chi connectivity index (χ0) is 18.5. The Labute approximate surface area is 150 Å². The quantitative estimate of drug-likeness (QED) is 0.607. The number of hydrogen-bond acceptors (Lipinski definition) is 4. The maximum atomic E-state index is 12.9. The van der Waals surface area contributed by atoms with Gasteiger partial charge in [0, 0.05) is 13.1 Å². The van der Waals surface area contributed by atoms with Crippen molar-refractivity contribution in [3.63, 3.8) is 0 Å². The summed E-state index contributed by atoms with van der Waals surface area (Å²) in [5, 5.41) is 15.4. The second-order valence-corrected chi connectivity index (χ2v) is 6.14. The number of anilines is 1. The molecule has 1 amide bonds. The Balaban J connectivity index is 1.72. The van der Waals surface area contributed by atoms with Gasteiger partial charge in [-0.1, -0.05) is 24.3 Å². The van der Waals surface area contributed by atoms with Gasteiger partial charge in [-0.25, -0.2) is 9.37 Å². The number of aliphatic hydroxyl groups is 1. The Kier molecular flexibility index (Phi) is 5.48. The molecule has 0 aliphatic carbocycles. The van der Waals surface area contributed by atoms with Crippen molar-refractivity contribution in [3.8, 4) is 0 Å². The van der Waals surface area contributed by atoms with Gasteiger partial charge in [-0.3, -0.25) is 4.79 Å². The molecule has 1 atom stereocenters. The molecule has 0 bridgehead atoms. The van der Waals surface area contributed by atoms with Crippen LogP contribution in [0.3, 0.4) is 0 Å². The zero-order valence-corrected chi connectivity index (χ0v) is 14.4. The number of aliphatic hydroxyl groups excluding tert-OH is 1. The van der Waals surface area contributed by atoms with Crippen LogP contribution in [0.2, 0.25) is 0 Å². The first-order valence-corrected chi connectivity index (χ1v) is 8.41. The lowest BCUT2D eigenvalue weighted by atomic mass is 10.2. The van der Waals surface area contributed by atoms with E-state index in [4.69, 9.17) is 0 Å². The number of carbonyl (C=O) groups is 1. The number of imidazole rings is 1. The van der Waals surface area contributed by atoms with Gasteiger partial charge < -0.3 is 20.3 Å². The lowest BCUT2D eigenvalue weighted by molar-refractivity contribution is -0.121. The minimum atomic E-state index is -0.532. The minimum Gasteiger partial charge on any atom is -0.392 e. The van der Waals surface area contributed by atoms with E-state index in [-0.39, 0.29) is 18.3 Å². The second kappa shape index (κ2) is 7.97. The van der Waals surface area contributed by atoms with Crippen molar-refractivity contribution in [1.82, 2.24) is 14.9 Å². The van der Waals surface area contributed by atoms with Crippen LogP contribution in [-0.4, -0.2) is 33.2 Å². The number of rotatable bonds is 7. The number of carbonyl (C=O) groups excluding carboxylic acids is 1. The zero-order valence-electron chi connectivity index (χ0n) is 14.4. The van der Waals surface area contributed by atoms with Crippen molar-refractivity contribution >= 4 is 22.9 Å². The summed E-state index contributed by atoms with van der Waals surface area (Å²) < 4.78 is 14.7. The molecule has 136 valence electrons. The van der Waals surface area contributed by atoms with Crippen LogP contribution in [0.5, 0.6) is 0 Å². The van der Waals surface area contributed by atoms with Crippen LogP contribution < -0.4 is 10.6 Å². The first-order valence-electron chi connectivity index (χ1n) is 8.41. The maximum Gasteiger partial charge on any atom is 0.240 e. The van der Waals surface area contributed by atoms with Crippen molar-refractivity contribution in [2.24, 2.45) is 0 Å². The monoisotopic (exact) mass is 356 g/mol. The number of nitrogens with one attached hydrogen (secondary N) is 2. The van der Waals surface area contributed by atoms with Crippen LogP contribution >= 0.6 is 0 Å². The molecule has 0 saturated carbocycles. The van der Waals surface area contributed by atoms with Crippen LogP contribution in [0.25, 0.3) is 11.0 Å². The average Bonchev–Trinajstić information content (AvgIpc) is 2.97. The highest BCUT2D eigenvalue weighted by Crippen LogP contribution is 2.19. The van der Waals surface area contributed by atoms with Gasteiger partial charge in [0.25, 0.3) is 0 Å². The highest BCUT2D eigenvalue weighted by Gasteiger charge is 2.13. The fourth-order valence-electron chi connectivity index (χ4n) is 2.61. The van der Waals surface area contributed by atoms with Crippen molar-refractivity contribution < 1.29 is 14.3 Å². The normalized spacial score (nSPS) is 12.1. The van der Waals surface area contributed by atoms with Gasteiger partial charge in [0.1, 0.15) is 12.4 Å². The van der Waals surface area contributed by atoms with Gasteiger partial charge in [0.05, 0.1) is 17.1 Å². The van der Waals surface area contributed by atoms with Crippen LogP contribution in [0.4, 0.5) is 10.3 Å². The highest BCUT2D eigenvalue weighted by atomic mass is 19.1. The summed E-state index contributed by atoms with van der Waals surface area (Å²) in [5.41, 5.74) is 2.42. The largest absolute Gasteiger partial charge is 0.392 e. The molecule has 1 aromatic heterocycles. The lowest BCUT2D eigenvalue weighted by Crippen LogP contribution is -2.28. The Morgan fingerprint density at radius 3 is 2.69 bits per heavy atom. The first kappa shape index (κ1) is 17.9. The molecule has 0 aliphatic rings. The summed E-state index contributed by atoms with van der Waals surface area (Å²) in [5.74, 6) is 0.0420. The molecule has 0 unspecified atom stereocenters. The van der Waals surface area contributed by atoms with Crippen LogP contribution in [0.1, 0.15) is 12.5 Å². The first-order chi connectivity index (χ1) is 12.5. The van der Waals surface area contributed by atoms with E-state index in [2.05, 4.69) is 15.6 Å². The van der Waals surface area contributed by atoms with E-state index in [1.807, 2.05) is 24.3 Å². The molecule has 3 rings (SSSR count). The molecule has 7 heteroatoms. The molecule has 0 spiro atoms. The van der Waals surface area contributed by atoms with E-state index in [1.54, 1.807) is 23.6 Å². The molecule has 2 aromatic carbocycles. The van der Waals surface area contributed by atoms with Crippen molar-refractivity contribution in [2.45, 2.75) is 26.1 Å². The Morgan fingerprint density at radius 2 is 1.96 bits per heavy atom. The van der Waals surface area contributed by atoms with Crippen molar-refractivity contribution in [1.29, 1.82) is 0 Å². The summed E-state index contributed by atoms with van der Waals surface area (Å²) in [7, 11) is 0. The van der Waals surface area contributed by atoms with Gasteiger partial charge in [0.2, 0.25) is 11.9 Å². The molecule has 0 saturated heterocycles. The number of aromatic nitrogens is 2. The van der Waals surface area contributed by atoms with Gasteiger partial charge in [-0.15, -0.1) is 0 Å². The molecule has 0 radical (unpaired) electrons. The molecule has 6 nitrogen and oxygen atoms in total. The topological polar surface area (TPSA) is 79.2 Å². The Bertz CT molecular complexity index is 890. The number of hydrogen-bond donors (Lipinski definition) is 3. The Hall–Kier alpha value is -2.93. The van der Waals surface area contributed by atoms with Crippen molar-refractivity contribution in [3.05, 3.63) is 59.9 Å². The minimum absolute atomic E-state index is 0.0872. The summed E-state index contributed by atoms with van der Waals surface area (Å²) in [6, 6.07) is 13.5. The third kappa shape index (κ3) is 4.37. The van der Waals surface area contributed by atoms with Crippen LogP contribution in [-0.2, 0) is 17.9 Å². The standard InChI is InChI=1S/C19H21FN4O2/c1-13(25)10-22-19-23-16-4-2-3-5-17(16)24(19)12-18(26)21-11-14-6-8-15(20)9-7-14/h2-9,13,25H,10-12H2,1H3,(H,21,26)(H,22,23)/t13-/m0/s1. The van der Waals surface area contributed by atoms with E-state index >= 15 is 0 Å². The molecule has 0 aliphatic heterocycles. The number of para-hydroxylation sites is 2. The molecular formula is C19H21FN4O2. The van der Waals surface area contributed by atoms with Gasteiger partial charge in [-0.2, -0.15) is 0 Å². The highest BCUT2D eigenvalue weighted by molar-refractivity contribution is 5.83. The average molecular weight is 356 g/mol. The molecule has 26 heavy (non-hydrogen) atoms. The van der Waals surface area contributed by atoms with Gasteiger partial charge in [-0.05, 0) is 36.8 Å². The lowest BCUT2D eigenvalue weighted by Gasteiger charge is -2.12. The number of amides is 1. The third-order valence-electron chi connectivity index (χ3n) is 3.91. The van der Waals surface area contributed by atoms with E-state index in [0.717, 1.165) is 16.6 Å². The van der Waals surface area contributed by atoms with Crippen LogP contribution in [0, 0.1) is 5.82 Å². The Morgan fingerprint density at radius 1 is 1.23 bits per heavy atom. The summed E-state index contributed by atoms with van der Waals surface area (Å²) in [6.45, 7) is 2.42. The van der Waals surface area contributed by atoms with Gasteiger partial charge in [0.15, 0.2) is 0 Å². The smallest absolute Gasteiger partial charge is 0.240 e. The second-order valence-electron chi connectivity index (χ2n) is 6.14. The number of benzene rings is 2. The number of fused-ring (bicyclic) bond motifs is 1. The fraction of sp³-hybridized carbons (Fsp3) is 0.263.